The molecule has 0 bridgehead atoms. The van der Waals surface area contributed by atoms with Crippen molar-refractivity contribution in [2.45, 2.75) is 13.1 Å². The number of aromatic nitrogens is 4. The molecule has 4 nitrogen and oxygen atoms in total. The highest BCUT2D eigenvalue weighted by Crippen LogP contribution is 2.27. The highest BCUT2D eigenvalue weighted by Gasteiger charge is 2.37. The Kier molecular flexibility index (Phi) is 1.70. The molecule has 2 aromatic rings. The van der Waals surface area contributed by atoms with Crippen molar-refractivity contribution in [3.63, 3.8) is 0 Å². The van der Waals surface area contributed by atoms with Crippen LogP contribution in [0.15, 0.2) is 12.3 Å². The van der Waals surface area contributed by atoms with Gasteiger partial charge in [-0.3, -0.25) is 4.40 Å². The van der Waals surface area contributed by atoms with Gasteiger partial charge in [0.05, 0.1) is 0 Å². The van der Waals surface area contributed by atoms with Crippen LogP contribution in [0, 0.1) is 6.92 Å². The fourth-order valence-corrected chi connectivity index (χ4v) is 1.07. The van der Waals surface area contributed by atoms with Crippen molar-refractivity contribution < 1.29 is 13.2 Å². The maximum Gasteiger partial charge on any atom is 0.452 e. The van der Waals surface area contributed by atoms with E-state index >= 15 is 0 Å². The van der Waals surface area contributed by atoms with Crippen molar-refractivity contribution >= 4 is 5.78 Å². The molecule has 14 heavy (non-hydrogen) atoms. The van der Waals surface area contributed by atoms with Crippen LogP contribution in [0.2, 0.25) is 0 Å². The SMILES string of the molecule is Cc1ccn2c(C(F)(F)F)nnc2n1. The number of alkyl halides is 3. The van der Waals surface area contributed by atoms with Crippen LogP contribution in [0.5, 0.6) is 0 Å². The summed E-state index contributed by atoms with van der Waals surface area (Å²) in [6.07, 6.45) is -3.25. The number of fused-ring (bicyclic) bond motifs is 1. The number of aryl methyl sites for hydroxylation is 1. The first kappa shape index (κ1) is 8.92. The summed E-state index contributed by atoms with van der Waals surface area (Å²) in [5.74, 6) is -1.10. The third-order valence-electron chi connectivity index (χ3n) is 1.67. The number of hydrogen-bond donors (Lipinski definition) is 0. The van der Waals surface area contributed by atoms with Gasteiger partial charge in [0.2, 0.25) is 5.82 Å². The van der Waals surface area contributed by atoms with E-state index in [0.29, 0.717) is 5.69 Å². The Balaban J connectivity index is 2.70. The van der Waals surface area contributed by atoms with E-state index in [2.05, 4.69) is 15.2 Å². The van der Waals surface area contributed by atoms with Crippen molar-refractivity contribution in [1.82, 2.24) is 19.6 Å². The first-order valence-electron chi connectivity index (χ1n) is 3.74. The average Bonchev–Trinajstić information content (AvgIpc) is 2.45. The second-order valence-electron chi connectivity index (χ2n) is 2.76. The van der Waals surface area contributed by atoms with Gasteiger partial charge in [0, 0.05) is 11.9 Å². The molecule has 0 aromatic carbocycles. The van der Waals surface area contributed by atoms with Gasteiger partial charge < -0.3 is 0 Å². The summed E-state index contributed by atoms with van der Waals surface area (Å²) in [4.78, 5) is 3.80. The topological polar surface area (TPSA) is 43.1 Å². The first-order chi connectivity index (χ1) is 6.48. The third-order valence-corrected chi connectivity index (χ3v) is 1.67. The van der Waals surface area contributed by atoms with E-state index in [1.54, 1.807) is 6.92 Å². The molecule has 0 amide bonds. The molecule has 0 aliphatic heterocycles. The highest BCUT2D eigenvalue weighted by atomic mass is 19.4. The van der Waals surface area contributed by atoms with Crippen LogP contribution in [-0.2, 0) is 6.18 Å². The van der Waals surface area contributed by atoms with Gasteiger partial charge in [0.15, 0.2) is 0 Å². The molecule has 2 heterocycles. The largest absolute Gasteiger partial charge is 0.452 e. The maximum atomic E-state index is 12.3. The van der Waals surface area contributed by atoms with Gasteiger partial charge in [-0.15, -0.1) is 10.2 Å². The lowest BCUT2D eigenvalue weighted by Gasteiger charge is -2.02. The van der Waals surface area contributed by atoms with Gasteiger partial charge in [-0.1, -0.05) is 0 Å². The zero-order chi connectivity index (χ0) is 10.3. The molecule has 0 unspecified atom stereocenters. The van der Waals surface area contributed by atoms with Gasteiger partial charge in [0.25, 0.3) is 5.78 Å². The van der Waals surface area contributed by atoms with Crippen LogP contribution in [0.25, 0.3) is 5.78 Å². The van der Waals surface area contributed by atoms with E-state index < -0.39 is 12.0 Å². The van der Waals surface area contributed by atoms with Gasteiger partial charge in [-0.05, 0) is 13.0 Å². The molecule has 0 spiro atoms. The normalized spacial score (nSPS) is 12.3. The summed E-state index contributed by atoms with van der Waals surface area (Å²) < 4.78 is 37.7. The van der Waals surface area contributed by atoms with E-state index in [9.17, 15) is 13.2 Å². The number of hydrogen-bond acceptors (Lipinski definition) is 3. The Morgan fingerprint density at radius 1 is 1.29 bits per heavy atom. The van der Waals surface area contributed by atoms with Crippen LogP contribution >= 0.6 is 0 Å². The van der Waals surface area contributed by atoms with Gasteiger partial charge in [-0.25, -0.2) is 4.98 Å². The van der Waals surface area contributed by atoms with E-state index in [0.717, 1.165) is 4.40 Å². The summed E-state index contributed by atoms with van der Waals surface area (Å²) >= 11 is 0. The second-order valence-corrected chi connectivity index (χ2v) is 2.76. The first-order valence-corrected chi connectivity index (χ1v) is 3.74. The smallest absolute Gasteiger partial charge is 0.263 e. The van der Waals surface area contributed by atoms with Crippen molar-refractivity contribution in [1.29, 1.82) is 0 Å². The molecule has 0 aliphatic rings. The second kappa shape index (κ2) is 2.66. The fourth-order valence-electron chi connectivity index (χ4n) is 1.07. The Labute approximate surface area is 76.4 Å². The molecule has 0 N–H and O–H groups in total. The molecule has 0 fully saturated rings. The van der Waals surface area contributed by atoms with Crippen LogP contribution in [0.3, 0.4) is 0 Å². The Morgan fingerprint density at radius 3 is 2.64 bits per heavy atom. The quantitative estimate of drug-likeness (QED) is 0.649. The zero-order valence-corrected chi connectivity index (χ0v) is 7.08. The van der Waals surface area contributed by atoms with Crippen molar-refractivity contribution in [3.05, 3.63) is 23.8 Å². The van der Waals surface area contributed by atoms with Crippen LogP contribution < -0.4 is 0 Å². The van der Waals surface area contributed by atoms with E-state index in [4.69, 9.17) is 0 Å². The monoisotopic (exact) mass is 202 g/mol. The van der Waals surface area contributed by atoms with E-state index in [-0.39, 0.29) is 5.78 Å². The summed E-state index contributed by atoms with van der Waals surface area (Å²) in [7, 11) is 0. The summed E-state index contributed by atoms with van der Waals surface area (Å²) in [5.41, 5.74) is 0.596. The van der Waals surface area contributed by atoms with E-state index in [1.165, 1.54) is 12.3 Å². The van der Waals surface area contributed by atoms with E-state index in [1.807, 2.05) is 0 Å². The van der Waals surface area contributed by atoms with Crippen molar-refractivity contribution in [2.75, 3.05) is 0 Å². The highest BCUT2D eigenvalue weighted by molar-refractivity contribution is 5.29. The third kappa shape index (κ3) is 1.30. The van der Waals surface area contributed by atoms with Crippen LogP contribution in [0.4, 0.5) is 13.2 Å². The lowest BCUT2D eigenvalue weighted by atomic mass is 10.4. The Hall–Kier alpha value is -1.66. The van der Waals surface area contributed by atoms with Crippen LogP contribution in [-0.4, -0.2) is 19.6 Å². The van der Waals surface area contributed by atoms with Crippen molar-refractivity contribution in [3.8, 4) is 0 Å². The fraction of sp³-hybridized carbons (Fsp3) is 0.286. The minimum atomic E-state index is -4.50. The average molecular weight is 202 g/mol. The molecule has 2 aromatic heterocycles. The zero-order valence-electron chi connectivity index (χ0n) is 7.08. The number of halogens is 3. The molecular formula is C7H5F3N4. The maximum absolute atomic E-state index is 12.3. The standard InChI is InChI=1S/C7H5F3N4/c1-4-2-3-14-5(7(8,9)10)12-13-6(14)11-4/h2-3H,1H3. The Bertz CT molecular complexity index is 473. The molecule has 7 heteroatoms. The van der Waals surface area contributed by atoms with Gasteiger partial charge >= 0.3 is 6.18 Å². The summed E-state index contributed by atoms with van der Waals surface area (Å²) in [6.45, 7) is 1.67. The molecule has 0 aliphatic carbocycles. The van der Waals surface area contributed by atoms with Gasteiger partial charge in [-0.2, -0.15) is 13.2 Å². The van der Waals surface area contributed by atoms with Crippen molar-refractivity contribution in [2.24, 2.45) is 0 Å². The molecule has 0 saturated carbocycles. The minimum Gasteiger partial charge on any atom is -0.263 e. The predicted molar refractivity (Wildman–Crippen MR) is 40.5 cm³/mol. The van der Waals surface area contributed by atoms with Gasteiger partial charge in [0.1, 0.15) is 0 Å². The molecule has 2 rings (SSSR count). The molecule has 0 atom stereocenters. The molecule has 0 radical (unpaired) electrons. The number of nitrogens with zero attached hydrogens (tertiary/aromatic N) is 4. The molecule has 0 saturated heterocycles. The molecule has 74 valence electrons. The molecular weight excluding hydrogens is 197 g/mol. The summed E-state index contributed by atoms with van der Waals surface area (Å²) in [5, 5.41) is 6.36. The summed E-state index contributed by atoms with van der Waals surface area (Å²) in [6, 6.07) is 1.46. The van der Waals surface area contributed by atoms with Crippen LogP contribution in [0.1, 0.15) is 11.5 Å². The predicted octanol–water partition coefficient (Wildman–Crippen LogP) is 1.45. The Morgan fingerprint density at radius 2 is 2.00 bits per heavy atom. The number of rotatable bonds is 0. The lowest BCUT2D eigenvalue weighted by Crippen LogP contribution is -2.10. The minimum absolute atomic E-state index is 0.0441. The lowest BCUT2D eigenvalue weighted by molar-refractivity contribution is -0.145.